The molecule has 0 aliphatic rings. The van der Waals surface area contributed by atoms with Gasteiger partial charge in [0.05, 0.1) is 0 Å². The van der Waals surface area contributed by atoms with Gasteiger partial charge in [-0.2, -0.15) is 0 Å². The Labute approximate surface area is 120 Å². The Hall–Kier alpha value is -0.190. The van der Waals surface area contributed by atoms with Crippen LogP contribution in [0.4, 0.5) is 0 Å². The van der Waals surface area contributed by atoms with Crippen molar-refractivity contribution in [3.05, 3.63) is 44.6 Å². The first-order valence-electron chi connectivity index (χ1n) is 5.44. The standard InChI is InChI=1S/C13H15BrOS2/c1-3-16-13(17-4-2)9-12(15)10-5-7-11(14)8-6-10/h5-9H,3-4H2,1-2H3. The first kappa shape index (κ1) is 14.9. The Morgan fingerprint density at radius 3 is 2.18 bits per heavy atom. The van der Waals surface area contributed by atoms with Crippen LogP contribution in [0.2, 0.25) is 0 Å². The van der Waals surface area contributed by atoms with E-state index in [-0.39, 0.29) is 5.78 Å². The number of carbonyl (C=O) groups is 1. The van der Waals surface area contributed by atoms with Gasteiger partial charge < -0.3 is 0 Å². The summed E-state index contributed by atoms with van der Waals surface area (Å²) in [5, 5.41) is 0. The summed E-state index contributed by atoms with van der Waals surface area (Å²) in [5.74, 6) is 2.06. The average molecular weight is 331 g/mol. The Morgan fingerprint density at radius 1 is 1.18 bits per heavy atom. The molecule has 17 heavy (non-hydrogen) atoms. The summed E-state index contributed by atoms with van der Waals surface area (Å²) in [6.45, 7) is 4.19. The SMILES string of the molecule is CCSC(=CC(=O)c1ccc(Br)cc1)SCC. The van der Waals surface area contributed by atoms with E-state index in [1.165, 1.54) is 0 Å². The zero-order valence-corrected chi connectivity index (χ0v) is 13.1. The third kappa shape index (κ3) is 5.32. The van der Waals surface area contributed by atoms with Crippen LogP contribution in [0.25, 0.3) is 0 Å². The number of carbonyl (C=O) groups excluding carboxylic acids is 1. The second-order valence-corrected chi connectivity index (χ2v) is 6.99. The van der Waals surface area contributed by atoms with E-state index in [9.17, 15) is 4.79 Å². The highest BCUT2D eigenvalue weighted by atomic mass is 79.9. The summed E-state index contributed by atoms with van der Waals surface area (Å²) in [4.78, 5) is 12.0. The molecule has 1 rings (SSSR count). The molecule has 92 valence electrons. The molecule has 0 aromatic heterocycles. The molecule has 0 fully saturated rings. The van der Waals surface area contributed by atoms with Crippen molar-refractivity contribution in [2.75, 3.05) is 11.5 Å². The third-order valence-corrected chi connectivity index (χ3v) is 4.57. The van der Waals surface area contributed by atoms with Crippen molar-refractivity contribution in [2.45, 2.75) is 13.8 Å². The van der Waals surface area contributed by atoms with Gasteiger partial charge in [0.15, 0.2) is 5.78 Å². The van der Waals surface area contributed by atoms with Crippen molar-refractivity contribution in [3.63, 3.8) is 0 Å². The van der Waals surface area contributed by atoms with Crippen LogP contribution in [0.15, 0.2) is 39.1 Å². The van der Waals surface area contributed by atoms with E-state index in [4.69, 9.17) is 0 Å². The lowest BCUT2D eigenvalue weighted by molar-refractivity contribution is 0.104. The maximum Gasteiger partial charge on any atom is 0.187 e. The van der Waals surface area contributed by atoms with Gasteiger partial charge in [0.2, 0.25) is 0 Å². The van der Waals surface area contributed by atoms with Crippen molar-refractivity contribution in [1.29, 1.82) is 0 Å². The van der Waals surface area contributed by atoms with Crippen LogP contribution in [0.5, 0.6) is 0 Å². The molecule has 0 atom stereocenters. The molecule has 0 aliphatic heterocycles. The highest BCUT2D eigenvalue weighted by Crippen LogP contribution is 2.28. The fraction of sp³-hybridized carbons (Fsp3) is 0.308. The Balaban J connectivity index is 2.80. The monoisotopic (exact) mass is 330 g/mol. The number of ketones is 1. The molecule has 0 N–H and O–H groups in total. The maximum atomic E-state index is 12.0. The highest BCUT2D eigenvalue weighted by Gasteiger charge is 2.05. The van der Waals surface area contributed by atoms with Crippen LogP contribution in [0, 0.1) is 0 Å². The molecule has 0 spiro atoms. The van der Waals surface area contributed by atoms with E-state index in [0.717, 1.165) is 25.8 Å². The highest BCUT2D eigenvalue weighted by molar-refractivity contribution is 9.10. The molecule has 1 nitrogen and oxygen atoms in total. The Kier molecular flexibility index (Phi) is 7.00. The molecule has 0 aliphatic carbocycles. The minimum Gasteiger partial charge on any atom is -0.289 e. The van der Waals surface area contributed by atoms with Crippen LogP contribution in [-0.4, -0.2) is 17.3 Å². The summed E-state index contributed by atoms with van der Waals surface area (Å²) in [6, 6.07) is 7.46. The van der Waals surface area contributed by atoms with Crippen LogP contribution in [0.1, 0.15) is 24.2 Å². The van der Waals surface area contributed by atoms with Gasteiger partial charge in [0.1, 0.15) is 0 Å². The van der Waals surface area contributed by atoms with E-state index >= 15 is 0 Å². The van der Waals surface area contributed by atoms with Gasteiger partial charge in [-0.15, -0.1) is 23.5 Å². The van der Waals surface area contributed by atoms with Gasteiger partial charge in [-0.25, -0.2) is 0 Å². The smallest absolute Gasteiger partial charge is 0.187 e. The zero-order valence-electron chi connectivity index (χ0n) is 9.90. The van der Waals surface area contributed by atoms with Gasteiger partial charge in [-0.3, -0.25) is 4.79 Å². The molecule has 1 aromatic rings. The van der Waals surface area contributed by atoms with Crippen LogP contribution in [-0.2, 0) is 0 Å². The number of benzene rings is 1. The summed E-state index contributed by atoms with van der Waals surface area (Å²) in [7, 11) is 0. The van der Waals surface area contributed by atoms with Gasteiger partial charge in [-0.1, -0.05) is 29.8 Å². The van der Waals surface area contributed by atoms with Crippen LogP contribution in [0.3, 0.4) is 0 Å². The molecule has 4 heteroatoms. The van der Waals surface area contributed by atoms with Crippen LogP contribution < -0.4 is 0 Å². The summed E-state index contributed by atoms with van der Waals surface area (Å²) in [5.41, 5.74) is 0.735. The van der Waals surface area contributed by atoms with E-state index in [1.807, 2.05) is 24.3 Å². The van der Waals surface area contributed by atoms with Gasteiger partial charge >= 0.3 is 0 Å². The molecular weight excluding hydrogens is 316 g/mol. The molecule has 0 heterocycles. The largest absolute Gasteiger partial charge is 0.289 e. The van der Waals surface area contributed by atoms with Gasteiger partial charge in [0.25, 0.3) is 0 Å². The number of thioether (sulfide) groups is 2. The van der Waals surface area contributed by atoms with Crippen molar-refractivity contribution in [1.82, 2.24) is 0 Å². The second-order valence-electron chi connectivity index (χ2n) is 3.20. The zero-order chi connectivity index (χ0) is 12.7. The van der Waals surface area contributed by atoms with E-state index in [1.54, 1.807) is 29.6 Å². The second kappa shape index (κ2) is 8.01. The predicted octanol–water partition coefficient (Wildman–Crippen LogP) is 4.98. The van der Waals surface area contributed by atoms with Crippen molar-refractivity contribution < 1.29 is 4.79 Å². The fourth-order valence-electron chi connectivity index (χ4n) is 1.21. The molecule has 0 saturated carbocycles. The fourth-order valence-corrected chi connectivity index (χ4v) is 3.47. The van der Waals surface area contributed by atoms with Crippen molar-refractivity contribution >= 4 is 45.2 Å². The summed E-state index contributed by atoms with van der Waals surface area (Å²) >= 11 is 6.80. The number of rotatable bonds is 6. The van der Waals surface area contributed by atoms with Crippen molar-refractivity contribution in [3.8, 4) is 0 Å². The molecule has 0 amide bonds. The topological polar surface area (TPSA) is 17.1 Å². The van der Waals surface area contributed by atoms with Gasteiger partial charge in [-0.05, 0) is 35.8 Å². The molecular formula is C13H15BrOS2. The summed E-state index contributed by atoms with van der Waals surface area (Å²) < 4.78 is 2.09. The first-order valence-corrected chi connectivity index (χ1v) is 8.21. The number of hydrogen-bond acceptors (Lipinski definition) is 3. The lowest BCUT2D eigenvalue weighted by Gasteiger charge is -2.03. The third-order valence-electron chi connectivity index (χ3n) is 1.95. The Bertz CT molecular complexity index is 390. The first-order chi connectivity index (χ1) is 8.17. The van der Waals surface area contributed by atoms with E-state index < -0.39 is 0 Å². The quantitative estimate of drug-likeness (QED) is 0.541. The number of hydrogen-bond donors (Lipinski definition) is 0. The maximum absolute atomic E-state index is 12.0. The molecule has 0 radical (unpaired) electrons. The van der Waals surface area contributed by atoms with E-state index in [0.29, 0.717) is 0 Å². The predicted molar refractivity (Wildman–Crippen MR) is 82.8 cm³/mol. The van der Waals surface area contributed by atoms with Crippen LogP contribution >= 0.6 is 39.5 Å². The lowest BCUT2D eigenvalue weighted by Crippen LogP contribution is -1.94. The van der Waals surface area contributed by atoms with Crippen molar-refractivity contribution in [2.24, 2.45) is 0 Å². The lowest BCUT2D eigenvalue weighted by atomic mass is 10.1. The minimum atomic E-state index is 0.0781. The molecule has 0 bridgehead atoms. The summed E-state index contributed by atoms with van der Waals surface area (Å²) in [6.07, 6.45) is 1.74. The van der Waals surface area contributed by atoms with E-state index in [2.05, 4.69) is 29.8 Å². The molecule has 1 aromatic carbocycles. The number of halogens is 1. The Morgan fingerprint density at radius 2 is 1.71 bits per heavy atom. The van der Waals surface area contributed by atoms with Gasteiger partial charge in [0, 0.05) is 20.3 Å². The number of allylic oxidation sites excluding steroid dienone is 1. The normalized spacial score (nSPS) is 10.1. The molecule has 0 saturated heterocycles. The minimum absolute atomic E-state index is 0.0781. The average Bonchev–Trinajstić information content (AvgIpc) is 2.30. The molecule has 0 unspecified atom stereocenters.